The van der Waals surface area contributed by atoms with Crippen molar-refractivity contribution in [3.05, 3.63) is 47.0 Å². The van der Waals surface area contributed by atoms with E-state index in [1.807, 2.05) is 0 Å². The van der Waals surface area contributed by atoms with Crippen molar-refractivity contribution >= 4 is 24.0 Å². The van der Waals surface area contributed by atoms with Gasteiger partial charge in [-0.05, 0) is 30.5 Å². The highest BCUT2D eigenvalue weighted by atomic mass is 35.5. The van der Waals surface area contributed by atoms with Crippen LogP contribution in [0.3, 0.4) is 0 Å². The van der Waals surface area contributed by atoms with E-state index < -0.39 is 17.8 Å². The lowest BCUT2D eigenvalue weighted by Crippen LogP contribution is -2.17. The molecule has 1 rings (SSSR count). The Morgan fingerprint density at radius 1 is 1.39 bits per heavy atom. The molecule has 2 N–H and O–H groups in total. The molecule has 0 amide bonds. The first-order chi connectivity index (χ1) is 7.86. The standard InChI is InChI=1S/C12H13ClF3N.ClH/c1-2-3-4-11(17)9-6-5-8(13)7-10(9)12(14,15)16;/h2,5-7,11H,1,3-4,17H2;1H/t11-;/m0./s1. The van der Waals surface area contributed by atoms with Crippen LogP contribution >= 0.6 is 24.0 Å². The van der Waals surface area contributed by atoms with Crippen LogP contribution in [0.1, 0.15) is 30.0 Å². The molecule has 0 aliphatic carbocycles. The monoisotopic (exact) mass is 299 g/mol. The fourth-order valence-corrected chi connectivity index (χ4v) is 1.72. The van der Waals surface area contributed by atoms with E-state index in [4.69, 9.17) is 17.3 Å². The maximum absolute atomic E-state index is 12.8. The molecule has 0 aliphatic rings. The number of rotatable bonds is 4. The van der Waals surface area contributed by atoms with Gasteiger partial charge in [-0.3, -0.25) is 0 Å². The minimum absolute atomic E-state index is 0. The fourth-order valence-electron chi connectivity index (χ4n) is 1.55. The zero-order valence-electron chi connectivity index (χ0n) is 9.51. The van der Waals surface area contributed by atoms with E-state index in [2.05, 4.69) is 6.58 Å². The highest BCUT2D eigenvalue weighted by molar-refractivity contribution is 6.30. The summed E-state index contributed by atoms with van der Waals surface area (Å²) in [7, 11) is 0. The van der Waals surface area contributed by atoms with E-state index in [9.17, 15) is 13.2 Å². The van der Waals surface area contributed by atoms with Crippen LogP contribution in [0.15, 0.2) is 30.9 Å². The quantitative estimate of drug-likeness (QED) is 0.798. The molecule has 0 spiro atoms. The van der Waals surface area contributed by atoms with Gasteiger partial charge in [0, 0.05) is 11.1 Å². The molecule has 6 heteroatoms. The van der Waals surface area contributed by atoms with Crippen molar-refractivity contribution in [2.24, 2.45) is 5.73 Å². The minimum atomic E-state index is -4.44. The van der Waals surface area contributed by atoms with Crippen molar-refractivity contribution in [1.29, 1.82) is 0 Å². The summed E-state index contributed by atoms with van der Waals surface area (Å²) in [4.78, 5) is 0. The van der Waals surface area contributed by atoms with Crippen LogP contribution in [0.2, 0.25) is 5.02 Å². The molecule has 18 heavy (non-hydrogen) atoms. The molecule has 0 fully saturated rings. The molecule has 0 saturated heterocycles. The molecule has 1 aromatic carbocycles. The fraction of sp³-hybridized carbons (Fsp3) is 0.333. The van der Waals surface area contributed by atoms with Crippen molar-refractivity contribution < 1.29 is 13.2 Å². The van der Waals surface area contributed by atoms with Gasteiger partial charge in [0.2, 0.25) is 0 Å². The zero-order valence-corrected chi connectivity index (χ0v) is 11.1. The highest BCUT2D eigenvalue weighted by Crippen LogP contribution is 2.36. The van der Waals surface area contributed by atoms with Crippen molar-refractivity contribution in [2.45, 2.75) is 25.1 Å². The van der Waals surface area contributed by atoms with Crippen LogP contribution in [0, 0.1) is 0 Å². The van der Waals surface area contributed by atoms with E-state index in [1.165, 1.54) is 12.1 Å². The molecule has 0 aliphatic heterocycles. The van der Waals surface area contributed by atoms with E-state index in [-0.39, 0.29) is 23.0 Å². The van der Waals surface area contributed by atoms with E-state index in [0.29, 0.717) is 12.8 Å². The molecular formula is C12H14Cl2F3N. The molecule has 0 heterocycles. The van der Waals surface area contributed by atoms with Gasteiger partial charge in [-0.2, -0.15) is 13.2 Å². The van der Waals surface area contributed by atoms with Crippen molar-refractivity contribution in [3.63, 3.8) is 0 Å². The Bertz CT molecular complexity index is 405. The van der Waals surface area contributed by atoms with Gasteiger partial charge in [-0.15, -0.1) is 19.0 Å². The number of hydrogen-bond acceptors (Lipinski definition) is 1. The third-order valence-corrected chi connectivity index (χ3v) is 2.64. The first-order valence-electron chi connectivity index (χ1n) is 5.09. The Hall–Kier alpha value is -0.710. The predicted molar refractivity (Wildman–Crippen MR) is 70.1 cm³/mol. The number of allylic oxidation sites excluding steroid dienone is 1. The minimum Gasteiger partial charge on any atom is -0.324 e. The molecule has 0 unspecified atom stereocenters. The second-order valence-corrected chi connectivity index (χ2v) is 4.14. The molecular weight excluding hydrogens is 286 g/mol. The van der Waals surface area contributed by atoms with Crippen LogP contribution < -0.4 is 5.73 Å². The molecule has 102 valence electrons. The summed E-state index contributed by atoms with van der Waals surface area (Å²) in [6.07, 6.45) is -1.82. The third-order valence-electron chi connectivity index (χ3n) is 2.40. The summed E-state index contributed by atoms with van der Waals surface area (Å²) in [5.41, 5.74) is 5.05. The third kappa shape index (κ3) is 4.52. The highest BCUT2D eigenvalue weighted by Gasteiger charge is 2.34. The Balaban J connectivity index is 0.00000289. The number of nitrogens with two attached hydrogens (primary N) is 1. The summed E-state index contributed by atoms with van der Waals surface area (Å²) in [5.74, 6) is 0. The van der Waals surface area contributed by atoms with Crippen LogP contribution in [0.5, 0.6) is 0 Å². The Kier molecular flexibility index (Phi) is 6.74. The smallest absolute Gasteiger partial charge is 0.324 e. The maximum atomic E-state index is 12.8. The lowest BCUT2D eigenvalue weighted by atomic mass is 9.97. The number of alkyl halides is 3. The number of benzene rings is 1. The number of halogens is 5. The average Bonchev–Trinajstić information content (AvgIpc) is 2.24. The van der Waals surface area contributed by atoms with Crippen LogP contribution in [-0.2, 0) is 6.18 Å². The van der Waals surface area contributed by atoms with Crippen LogP contribution in [-0.4, -0.2) is 0 Å². The Labute approximate surface area is 115 Å². The normalized spacial score (nSPS) is 12.7. The van der Waals surface area contributed by atoms with Crippen molar-refractivity contribution in [1.82, 2.24) is 0 Å². The second-order valence-electron chi connectivity index (χ2n) is 3.70. The van der Waals surface area contributed by atoms with E-state index in [1.54, 1.807) is 6.08 Å². The van der Waals surface area contributed by atoms with Gasteiger partial charge >= 0.3 is 6.18 Å². The lowest BCUT2D eigenvalue weighted by Gasteiger charge is -2.18. The van der Waals surface area contributed by atoms with Crippen LogP contribution in [0.25, 0.3) is 0 Å². The van der Waals surface area contributed by atoms with Gasteiger partial charge in [0.15, 0.2) is 0 Å². The SMILES string of the molecule is C=CCC[C@H](N)c1ccc(Cl)cc1C(F)(F)F.Cl. The molecule has 1 nitrogen and oxygen atoms in total. The van der Waals surface area contributed by atoms with Crippen LogP contribution in [0.4, 0.5) is 13.2 Å². The van der Waals surface area contributed by atoms with Gasteiger partial charge in [0.25, 0.3) is 0 Å². The zero-order chi connectivity index (χ0) is 13.1. The summed E-state index contributed by atoms with van der Waals surface area (Å²) in [5, 5.41) is 0.0528. The maximum Gasteiger partial charge on any atom is 0.416 e. The van der Waals surface area contributed by atoms with Crippen molar-refractivity contribution in [3.8, 4) is 0 Å². The average molecular weight is 300 g/mol. The molecule has 0 aromatic heterocycles. The molecule has 1 atom stereocenters. The van der Waals surface area contributed by atoms with Gasteiger partial charge in [0.05, 0.1) is 5.56 Å². The summed E-state index contributed by atoms with van der Waals surface area (Å²) >= 11 is 5.57. The van der Waals surface area contributed by atoms with E-state index >= 15 is 0 Å². The Morgan fingerprint density at radius 3 is 2.50 bits per heavy atom. The largest absolute Gasteiger partial charge is 0.416 e. The van der Waals surface area contributed by atoms with Gasteiger partial charge in [0.1, 0.15) is 0 Å². The summed E-state index contributed by atoms with van der Waals surface area (Å²) in [6, 6.07) is 2.99. The molecule has 0 saturated carbocycles. The van der Waals surface area contributed by atoms with Gasteiger partial charge < -0.3 is 5.73 Å². The topological polar surface area (TPSA) is 26.0 Å². The summed E-state index contributed by atoms with van der Waals surface area (Å²) in [6.45, 7) is 3.51. The lowest BCUT2D eigenvalue weighted by molar-refractivity contribution is -0.138. The molecule has 0 bridgehead atoms. The first kappa shape index (κ1) is 17.3. The molecule has 1 aromatic rings. The predicted octanol–water partition coefficient (Wildman–Crippen LogP) is 4.75. The molecule has 0 radical (unpaired) electrons. The first-order valence-corrected chi connectivity index (χ1v) is 5.47. The van der Waals surface area contributed by atoms with Gasteiger partial charge in [-0.1, -0.05) is 23.7 Å². The van der Waals surface area contributed by atoms with Crippen molar-refractivity contribution in [2.75, 3.05) is 0 Å². The van der Waals surface area contributed by atoms with Gasteiger partial charge in [-0.25, -0.2) is 0 Å². The van der Waals surface area contributed by atoms with E-state index in [0.717, 1.165) is 6.07 Å². The summed E-state index contributed by atoms with van der Waals surface area (Å²) < 4.78 is 38.3. The second kappa shape index (κ2) is 7.02. The Morgan fingerprint density at radius 2 is 2.00 bits per heavy atom. The number of hydrogen-bond donors (Lipinski definition) is 1.